The molecule has 0 fully saturated rings. The zero-order valence-electron chi connectivity index (χ0n) is 12.2. The van der Waals surface area contributed by atoms with E-state index in [1.807, 2.05) is 37.3 Å². The van der Waals surface area contributed by atoms with E-state index in [1.165, 1.54) is 6.07 Å². The molecule has 3 aromatic rings. The van der Waals surface area contributed by atoms with Crippen LogP contribution in [0.2, 0.25) is 10.0 Å². The van der Waals surface area contributed by atoms with Crippen LogP contribution in [0.5, 0.6) is 0 Å². The van der Waals surface area contributed by atoms with E-state index in [4.69, 9.17) is 23.2 Å². The zero-order valence-corrected chi connectivity index (χ0v) is 13.7. The number of carbonyl (C=O) groups excluding carboxylic acids is 1. The lowest BCUT2D eigenvalue weighted by molar-refractivity contribution is 0.102. The lowest BCUT2D eigenvalue weighted by atomic mass is 10.1. The van der Waals surface area contributed by atoms with Crippen molar-refractivity contribution in [2.45, 2.75) is 6.92 Å². The summed E-state index contributed by atoms with van der Waals surface area (Å²) in [4.78, 5) is 12.4. The molecule has 0 radical (unpaired) electrons. The van der Waals surface area contributed by atoms with Gasteiger partial charge in [0.1, 0.15) is 0 Å². The molecule has 2 N–H and O–H groups in total. The summed E-state index contributed by atoms with van der Waals surface area (Å²) < 4.78 is 0. The van der Waals surface area contributed by atoms with Gasteiger partial charge in [-0.3, -0.25) is 9.89 Å². The standard InChI is InChI=1S/C17H13Cl2N3O/c1-10-15(11-5-3-2-4-6-11)16(22-21-10)20-17(23)13-8-7-12(18)9-14(13)19/h2-9H,1H3,(H2,20,21,22,23). The number of anilines is 1. The first kappa shape index (κ1) is 15.6. The summed E-state index contributed by atoms with van der Waals surface area (Å²) in [7, 11) is 0. The van der Waals surface area contributed by atoms with Crippen molar-refractivity contribution >= 4 is 34.9 Å². The van der Waals surface area contributed by atoms with Crippen LogP contribution in [-0.4, -0.2) is 16.1 Å². The number of aromatic amines is 1. The Morgan fingerprint density at radius 3 is 2.57 bits per heavy atom. The largest absolute Gasteiger partial charge is 0.305 e. The van der Waals surface area contributed by atoms with Crippen LogP contribution in [0, 0.1) is 6.92 Å². The smallest absolute Gasteiger partial charge is 0.258 e. The van der Waals surface area contributed by atoms with Crippen LogP contribution in [0.3, 0.4) is 0 Å². The van der Waals surface area contributed by atoms with Crippen molar-refractivity contribution < 1.29 is 4.79 Å². The Balaban J connectivity index is 1.94. The molecule has 1 amide bonds. The van der Waals surface area contributed by atoms with Gasteiger partial charge in [0, 0.05) is 16.3 Å². The topological polar surface area (TPSA) is 57.8 Å². The van der Waals surface area contributed by atoms with E-state index < -0.39 is 0 Å². The highest BCUT2D eigenvalue weighted by molar-refractivity contribution is 6.37. The lowest BCUT2D eigenvalue weighted by Gasteiger charge is -2.08. The minimum absolute atomic E-state index is 0.295. The van der Waals surface area contributed by atoms with Crippen molar-refractivity contribution in [1.82, 2.24) is 10.2 Å². The molecule has 0 aliphatic heterocycles. The maximum atomic E-state index is 12.4. The Morgan fingerprint density at radius 2 is 1.87 bits per heavy atom. The fourth-order valence-electron chi connectivity index (χ4n) is 2.33. The van der Waals surface area contributed by atoms with E-state index in [2.05, 4.69) is 15.5 Å². The molecule has 0 spiro atoms. The average Bonchev–Trinajstić information content (AvgIpc) is 2.88. The number of aryl methyl sites for hydroxylation is 1. The average molecular weight is 346 g/mol. The molecule has 4 nitrogen and oxygen atoms in total. The maximum Gasteiger partial charge on any atom is 0.258 e. The first-order valence-corrected chi connectivity index (χ1v) is 7.68. The van der Waals surface area contributed by atoms with Crippen molar-refractivity contribution in [1.29, 1.82) is 0 Å². The molecule has 116 valence electrons. The van der Waals surface area contributed by atoms with Crippen molar-refractivity contribution in [3.63, 3.8) is 0 Å². The lowest BCUT2D eigenvalue weighted by Crippen LogP contribution is -2.13. The Labute approximate surface area is 143 Å². The summed E-state index contributed by atoms with van der Waals surface area (Å²) in [6.07, 6.45) is 0. The summed E-state index contributed by atoms with van der Waals surface area (Å²) in [5.74, 6) is 0.125. The van der Waals surface area contributed by atoms with Gasteiger partial charge in [0.25, 0.3) is 5.91 Å². The Bertz CT molecular complexity index is 860. The predicted molar refractivity (Wildman–Crippen MR) is 93.2 cm³/mol. The maximum absolute atomic E-state index is 12.4. The van der Waals surface area contributed by atoms with Gasteiger partial charge in [0.2, 0.25) is 0 Å². The van der Waals surface area contributed by atoms with Crippen molar-refractivity contribution in [2.75, 3.05) is 5.32 Å². The minimum Gasteiger partial charge on any atom is -0.305 e. The van der Waals surface area contributed by atoms with Crippen LogP contribution in [0.15, 0.2) is 48.5 Å². The molecule has 0 aliphatic carbocycles. The van der Waals surface area contributed by atoms with Crippen molar-refractivity contribution in [3.8, 4) is 11.1 Å². The molecule has 0 unspecified atom stereocenters. The first-order chi connectivity index (χ1) is 11.1. The Hall–Kier alpha value is -2.30. The summed E-state index contributed by atoms with van der Waals surface area (Å²) >= 11 is 11.9. The van der Waals surface area contributed by atoms with Crippen LogP contribution in [0.25, 0.3) is 11.1 Å². The van der Waals surface area contributed by atoms with Crippen LogP contribution >= 0.6 is 23.2 Å². The minimum atomic E-state index is -0.338. The number of hydrogen-bond donors (Lipinski definition) is 2. The number of carbonyl (C=O) groups is 1. The summed E-state index contributed by atoms with van der Waals surface area (Å²) in [5, 5.41) is 10.6. The van der Waals surface area contributed by atoms with Gasteiger partial charge in [0.05, 0.1) is 10.6 Å². The van der Waals surface area contributed by atoms with Crippen LogP contribution < -0.4 is 5.32 Å². The SMILES string of the molecule is Cc1[nH]nc(NC(=O)c2ccc(Cl)cc2Cl)c1-c1ccccc1. The van der Waals surface area contributed by atoms with Crippen LogP contribution in [0.4, 0.5) is 5.82 Å². The number of H-pyrrole nitrogens is 1. The number of aromatic nitrogens is 2. The van der Waals surface area contributed by atoms with Gasteiger partial charge in [-0.15, -0.1) is 0 Å². The number of hydrogen-bond acceptors (Lipinski definition) is 2. The molecular weight excluding hydrogens is 333 g/mol. The van der Waals surface area contributed by atoms with Crippen LogP contribution in [0.1, 0.15) is 16.1 Å². The van der Waals surface area contributed by atoms with Gasteiger partial charge in [-0.05, 0) is 30.7 Å². The molecule has 0 saturated carbocycles. The zero-order chi connectivity index (χ0) is 16.4. The Kier molecular flexibility index (Phi) is 4.37. The van der Waals surface area contributed by atoms with Gasteiger partial charge in [-0.2, -0.15) is 5.10 Å². The molecule has 0 saturated heterocycles. The number of rotatable bonds is 3. The fraction of sp³-hybridized carbons (Fsp3) is 0.0588. The number of halogens is 2. The first-order valence-electron chi connectivity index (χ1n) is 6.93. The third-order valence-corrected chi connectivity index (χ3v) is 3.97. The molecule has 0 bridgehead atoms. The van der Waals surface area contributed by atoms with E-state index in [1.54, 1.807) is 12.1 Å². The van der Waals surface area contributed by atoms with Gasteiger partial charge in [0.15, 0.2) is 5.82 Å². The highest BCUT2D eigenvalue weighted by Gasteiger charge is 2.17. The molecule has 0 atom stereocenters. The number of nitrogens with zero attached hydrogens (tertiary/aromatic N) is 1. The molecule has 2 aromatic carbocycles. The highest BCUT2D eigenvalue weighted by Crippen LogP contribution is 2.30. The molecule has 0 aliphatic rings. The summed E-state index contributed by atoms with van der Waals surface area (Å²) in [5.41, 5.74) is 3.03. The molecule has 3 rings (SSSR count). The van der Waals surface area contributed by atoms with E-state index in [0.29, 0.717) is 21.4 Å². The van der Waals surface area contributed by atoms with E-state index in [-0.39, 0.29) is 5.91 Å². The Morgan fingerprint density at radius 1 is 1.13 bits per heavy atom. The highest BCUT2D eigenvalue weighted by atomic mass is 35.5. The molecule has 1 aromatic heterocycles. The number of amides is 1. The summed E-state index contributed by atoms with van der Waals surface area (Å²) in [6, 6.07) is 14.5. The molecule has 23 heavy (non-hydrogen) atoms. The van der Waals surface area contributed by atoms with Gasteiger partial charge < -0.3 is 5.32 Å². The normalized spacial score (nSPS) is 10.6. The second-order valence-corrected chi connectivity index (χ2v) is 5.86. The number of benzene rings is 2. The van der Waals surface area contributed by atoms with Gasteiger partial charge in [-0.1, -0.05) is 53.5 Å². The van der Waals surface area contributed by atoms with E-state index in [9.17, 15) is 4.79 Å². The predicted octanol–water partition coefficient (Wildman–Crippen LogP) is 4.94. The second-order valence-electron chi connectivity index (χ2n) is 5.02. The quantitative estimate of drug-likeness (QED) is 0.705. The molecule has 6 heteroatoms. The fourth-order valence-corrected chi connectivity index (χ4v) is 2.82. The third-order valence-electron chi connectivity index (χ3n) is 3.42. The second kappa shape index (κ2) is 6.44. The van der Waals surface area contributed by atoms with E-state index in [0.717, 1.165) is 16.8 Å². The van der Waals surface area contributed by atoms with E-state index >= 15 is 0 Å². The van der Waals surface area contributed by atoms with Gasteiger partial charge >= 0.3 is 0 Å². The van der Waals surface area contributed by atoms with Crippen molar-refractivity contribution in [3.05, 3.63) is 69.8 Å². The van der Waals surface area contributed by atoms with Crippen LogP contribution in [-0.2, 0) is 0 Å². The summed E-state index contributed by atoms with van der Waals surface area (Å²) in [6.45, 7) is 1.90. The molecular formula is C17H13Cl2N3O. The monoisotopic (exact) mass is 345 g/mol. The third kappa shape index (κ3) is 3.23. The number of nitrogens with one attached hydrogen (secondary N) is 2. The molecule has 1 heterocycles. The van der Waals surface area contributed by atoms with Gasteiger partial charge in [-0.25, -0.2) is 0 Å². The van der Waals surface area contributed by atoms with Crippen molar-refractivity contribution in [2.24, 2.45) is 0 Å².